The number of carbonyl (C=O) groups excluding carboxylic acids is 2. The van der Waals surface area contributed by atoms with E-state index < -0.39 is 14.0 Å². The van der Waals surface area contributed by atoms with Gasteiger partial charge in [-0.25, -0.2) is 0 Å². The molecule has 5 heterocycles. The fourth-order valence-electron chi connectivity index (χ4n) is 9.06. The van der Waals surface area contributed by atoms with E-state index >= 15 is 0 Å². The summed E-state index contributed by atoms with van der Waals surface area (Å²) in [7, 11) is -1.29. The molecule has 2 aromatic heterocycles. The van der Waals surface area contributed by atoms with Crippen LogP contribution in [0, 0.1) is 13.8 Å². The molecule has 3 aliphatic heterocycles. The maximum atomic E-state index is 12.7. The number of rotatable bonds is 10. The van der Waals surface area contributed by atoms with Crippen LogP contribution in [0.15, 0.2) is 53.0 Å². The zero-order chi connectivity index (χ0) is 49.6. The Morgan fingerprint density at radius 2 is 0.882 bits per heavy atom. The van der Waals surface area contributed by atoms with Crippen LogP contribution < -0.4 is 5.46 Å². The van der Waals surface area contributed by atoms with E-state index in [9.17, 15) is 9.59 Å². The van der Waals surface area contributed by atoms with E-state index in [1.54, 1.807) is 22.7 Å². The quantitative estimate of drug-likeness (QED) is 0.115. The van der Waals surface area contributed by atoms with Gasteiger partial charge in [-0.15, -0.1) is 22.7 Å². The summed E-state index contributed by atoms with van der Waals surface area (Å²) in [4.78, 5) is 30.0. The molecule has 14 heteroatoms. The lowest BCUT2D eigenvalue weighted by Crippen LogP contribution is -2.41. The monoisotopic (exact) mass is 1030 g/mol. The van der Waals surface area contributed by atoms with Crippen molar-refractivity contribution in [2.45, 2.75) is 208 Å². The number of hydrogen-bond acceptors (Lipinski definition) is 10. The van der Waals surface area contributed by atoms with Crippen molar-refractivity contribution in [2.24, 2.45) is 0 Å². The van der Waals surface area contributed by atoms with Gasteiger partial charge in [-0.1, -0.05) is 40.2 Å². The molecule has 5 aliphatic rings. The Morgan fingerprint density at radius 3 is 1.26 bits per heavy atom. The van der Waals surface area contributed by atoms with Crippen molar-refractivity contribution in [3.63, 3.8) is 0 Å². The summed E-state index contributed by atoms with van der Waals surface area (Å²) in [6, 6.07) is 16.9. The molecule has 0 N–H and O–H groups in total. The van der Waals surface area contributed by atoms with Crippen LogP contribution in [0.4, 0.5) is 0 Å². The molecule has 3 saturated heterocycles. The zero-order valence-electron chi connectivity index (χ0n) is 43.3. The molecule has 366 valence electrons. The second-order valence-corrected chi connectivity index (χ2v) is 25.7. The molecule has 0 unspecified atom stereocenters. The summed E-state index contributed by atoms with van der Waals surface area (Å²) < 4.78 is 37.3. The van der Waals surface area contributed by atoms with Crippen LogP contribution in [0.2, 0.25) is 0 Å². The van der Waals surface area contributed by atoms with Crippen LogP contribution >= 0.6 is 38.6 Å². The van der Waals surface area contributed by atoms with Crippen LogP contribution in [-0.4, -0.2) is 66.3 Å². The molecule has 68 heavy (non-hydrogen) atoms. The lowest BCUT2D eigenvalue weighted by atomic mass is 9.49. The summed E-state index contributed by atoms with van der Waals surface area (Å²) in [5, 5.41) is 0. The minimum atomic E-state index is -0.476. The van der Waals surface area contributed by atoms with Crippen molar-refractivity contribution >= 4 is 76.8 Å². The van der Waals surface area contributed by atoms with Gasteiger partial charge in [0, 0.05) is 27.1 Å². The molecular formula is C54H74B3BrO8S2. The third-order valence-corrected chi connectivity index (χ3v) is 18.8. The van der Waals surface area contributed by atoms with Gasteiger partial charge in [0.25, 0.3) is 0 Å². The molecule has 0 radical (unpaired) electrons. The average Bonchev–Trinajstić information content (AvgIpc) is 4.03. The van der Waals surface area contributed by atoms with Crippen LogP contribution in [0.5, 0.6) is 0 Å². The highest BCUT2D eigenvalue weighted by atomic mass is 79.9. The average molecular weight is 1030 g/mol. The summed E-state index contributed by atoms with van der Waals surface area (Å²) in [6.07, 6.45) is 12.5. The Labute approximate surface area is 425 Å². The molecule has 0 atom stereocenters. The fourth-order valence-corrected chi connectivity index (χ4v) is 12.0. The SMILES string of the molecule is CC1(C)OB(B2OC(C)(C)C(C)(C)O2)OC1(C)C.Cc1cc(B2OC(C)(C)C(C)(C)O2)ccc1CCC(=O)c1cc2c(s1)CCCC2.Cc1cc(Br)ccc1CCC(=O)c1cc2c(s1)CCCC2. The van der Waals surface area contributed by atoms with Gasteiger partial charge < -0.3 is 27.9 Å². The van der Waals surface area contributed by atoms with Crippen molar-refractivity contribution in [3.8, 4) is 0 Å². The molecule has 0 saturated carbocycles. The van der Waals surface area contributed by atoms with Crippen molar-refractivity contribution in [2.75, 3.05) is 0 Å². The lowest BCUT2D eigenvalue weighted by molar-refractivity contribution is 0.00578. The number of thiophene rings is 2. The zero-order valence-corrected chi connectivity index (χ0v) is 46.5. The topological polar surface area (TPSA) is 89.5 Å². The number of benzene rings is 2. The largest absolute Gasteiger partial charge is 0.494 e. The highest BCUT2D eigenvalue weighted by Gasteiger charge is 2.63. The lowest BCUT2D eigenvalue weighted by Gasteiger charge is -2.32. The van der Waals surface area contributed by atoms with Crippen LogP contribution in [0.1, 0.15) is 184 Å². The molecule has 4 aromatic rings. The number of Topliss-reactive ketones (excluding diaryl/α,β-unsaturated/α-hetero) is 2. The van der Waals surface area contributed by atoms with Gasteiger partial charge in [0.1, 0.15) is 0 Å². The van der Waals surface area contributed by atoms with Crippen molar-refractivity contribution in [1.29, 1.82) is 0 Å². The van der Waals surface area contributed by atoms with Crippen molar-refractivity contribution in [3.05, 3.63) is 106 Å². The molecule has 0 bridgehead atoms. The summed E-state index contributed by atoms with van der Waals surface area (Å²) in [6.45, 7) is 28.7. The van der Waals surface area contributed by atoms with Crippen molar-refractivity contribution in [1.82, 2.24) is 0 Å². The van der Waals surface area contributed by atoms with Crippen LogP contribution in [0.3, 0.4) is 0 Å². The standard InChI is InChI=1S/C24H31BO3S.C18H19BrOS.C12H24B2O4/c1-16-14-19(25-27-23(2,3)24(4,5)28-25)12-10-17(16)11-13-20(26)22-15-18-8-6-7-9-21(18)29-22;1-12-10-15(19)8-6-13(12)7-9-16(20)18-11-14-4-2-3-5-17(14)21-18;1-9(2)10(3,4)16-13(15-9)14-17-11(5,6)12(7,8)18-14/h10,12,14-15H,6-9,11,13H2,1-5H3;6,8,10-11H,2-5,7,9H2,1H3;1-8H3. The van der Waals surface area contributed by atoms with Gasteiger partial charge in [0.15, 0.2) is 11.6 Å². The number of fused-ring (bicyclic) bond motifs is 2. The van der Waals surface area contributed by atoms with Gasteiger partial charge >= 0.3 is 21.1 Å². The first-order valence-electron chi connectivity index (χ1n) is 24.9. The summed E-state index contributed by atoms with van der Waals surface area (Å²) in [5.74, 6) is 0.579. The van der Waals surface area contributed by atoms with E-state index in [0.29, 0.717) is 18.6 Å². The highest BCUT2D eigenvalue weighted by Crippen LogP contribution is 2.43. The van der Waals surface area contributed by atoms with Gasteiger partial charge in [-0.05, 0) is 224 Å². The van der Waals surface area contributed by atoms with Gasteiger partial charge in [-0.3, -0.25) is 9.59 Å². The smallest absolute Gasteiger partial charge is 0.405 e. The van der Waals surface area contributed by atoms with E-state index in [4.69, 9.17) is 27.9 Å². The first kappa shape index (κ1) is 53.4. The first-order chi connectivity index (χ1) is 31.7. The normalized spacial score (nSPS) is 21.3. The van der Waals surface area contributed by atoms with E-state index in [2.05, 4.69) is 106 Å². The second kappa shape index (κ2) is 20.6. The van der Waals surface area contributed by atoms with E-state index in [-0.39, 0.29) is 46.5 Å². The van der Waals surface area contributed by atoms with Crippen LogP contribution in [-0.2, 0) is 66.5 Å². The predicted octanol–water partition coefficient (Wildman–Crippen LogP) is 12.8. The summed E-state index contributed by atoms with van der Waals surface area (Å²) >= 11 is 6.93. The van der Waals surface area contributed by atoms with Gasteiger partial charge in [-0.2, -0.15) is 0 Å². The predicted molar refractivity (Wildman–Crippen MR) is 285 cm³/mol. The molecule has 8 nitrogen and oxygen atoms in total. The van der Waals surface area contributed by atoms with Gasteiger partial charge in [0.2, 0.25) is 0 Å². The Morgan fingerprint density at radius 1 is 0.515 bits per heavy atom. The molecule has 2 aromatic carbocycles. The molecule has 9 rings (SSSR count). The maximum absolute atomic E-state index is 12.7. The number of hydrogen-bond donors (Lipinski definition) is 0. The number of aryl methyl sites for hydroxylation is 8. The minimum absolute atomic E-state index is 0.277. The molecule has 3 fully saturated rings. The summed E-state index contributed by atoms with van der Waals surface area (Å²) in [5.41, 5.74) is 6.70. The van der Waals surface area contributed by atoms with E-state index in [0.717, 1.165) is 51.8 Å². The highest BCUT2D eigenvalue weighted by molar-refractivity contribution is 9.10. The Kier molecular flexibility index (Phi) is 16.2. The number of carbonyl (C=O) groups is 2. The van der Waals surface area contributed by atoms with Gasteiger partial charge in [0.05, 0.1) is 43.4 Å². The molecular weight excluding hydrogens is 953 g/mol. The maximum Gasteiger partial charge on any atom is 0.494 e. The van der Waals surface area contributed by atoms with Crippen LogP contribution in [0.25, 0.3) is 0 Å². The third kappa shape index (κ3) is 11.9. The molecule has 0 amide bonds. The Balaban J connectivity index is 0.000000156. The third-order valence-electron chi connectivity index (χ3n) is 15.7. The first-order valence-corrected chi connectivity index (χ1v) is 27.3. The number of halogens is 1. The fraction of sp³-hybridized carbons (Fsp3) is 0.593. The Hall–Kier alpha value is -2.39. The van der Waals surface area contributed by atoms with E-state index in [1.165, 1.54) is 75.2 Å². The minimum Gasteiger partial charge on any atom is -0.405 e. The Bertz CT molecular complexity index is 2340. The second-order valence-electron chi connectivity index (χ2n) is 22.5. The molecule has 0 spiro atoms. The van der Waals surface area contributed by atoms with Crippen molar-refractivity contribution < 1.29 is 37.5 Å². The molecule has 2 aliphatic carbocycles. The van der Waals surface area contributed by atoms with E-state index in [1.807, 2.05) is 55.4 Å². The number of ketones is 2.